The smallest absolute Gasteiger partial charge is 0.166 e. The molecular formula is C20H16O. The zero-order valence-corrected chi connectivity index (χ0v) is 11.8. The molecule has 1 aliphatic rings. The first-order valence-electron chi connectivity index (χ1n) is 7.41. The van der Waals surface area contributed by atoms with Crippen LogP contribution in [0.3, 0.4) is 0 Å². The van der Waals surface area contributed by atoms with E-state index in [1.807, 2.05) is 30.3 Å². The lowest BCUT2D eigenvalue weighted by Crippen LogP contribution is -2.14. The zero-order chi connectivity index (χ0) is 14.2. The van der Waals surface area contributed by atoms with E-state index < -0.39 is 0 Å². The third-order valence-corrected chi connectivity index (χ3v) is 4.46. The van der Waals surface area contributed by atoms with Gasteiger partial charge >= 0.3 is 0 Å². The lowest BCUT2D eigenvalue weighted by Gasteiger charge is -2.09. The van der Waals surface area contributed by atoms with Gasteiger partial charge in [-0.25, -0.2) is 0 Å². The van der Waals surface area contributed by atoms with Crippen molar-refractivity contribution in [1.82, 2.24) is 0 Å². The maximum absolute atomic E-state index is 12.8. The highest BCUT2D eigenvalue weighted by Crippen LogP contribution is 2.29. The van der Waals surface area contributed by atoms with Crippen LogP contribution in [-0.4, -0.2) is 5.78 Å². The van der Waals surface area contributed by atoms with Crippen LogP contribution in [0.5, 0.6) is 0 Å². The average molecular weight is 272 g/mol. The average Bonchev–Trinajstić information content (AvgIpc) is 2.97. The normalized spacial score (nSPS) is 14.3. The summed E-state index contributed by atoms with van der Waals surface area (Å²) in [6.45, 7) is 0. The summed E-state index contributed by atoms with van der Waals surface area (Å²) < 4.78 is 0. The molecule has 0 aliphatic heterocycles. The van der Waals surface area contributed by atoms with Crippen LogP contribution in [0.2, 0.25) is 0 Å². The summed E-state index contributed by atoms with van der Waals surface area (Å²) in [4.78, 5) is 12.8. The minimum atomic E-state index is 0.101. The molecule has 1 aliphatic carbocycles. The van der Waals surface area contributed by atoms with E-state index in [0.717, 1.165) is 23.8 Å². The van der Waals surface area contributed by atoms with E-state index in [9.17, 15) is 4.79 Å². The number of hydrogen-bond donors (Lipinski definition) is 0. The molecule has 0 aromatic heterocycles. The van der Waals surface area contributed by atoms with Crippen molar-refractivity contribution in [3.05, 3.63) is 83.4 Å². The number of carbonyl (C=O) groups is 1. The SMILES string of the molecule is O=C(c1ccc2ccccc2c1)C1Cc2ccccc2C1. The summed E-state index contributed by atoms with van der Waals surface area (Å²) in [5.74, 6) is 0.375. The summed E-state index contributed by atoms with van der Waals surface area (Å²) in [5.41, 5.74) is 3.50. The van der Waals surface area contributed by atoms with Crippen molar-refractivity contribution in [2.24, 2.45) is 5.92 Å². The molecule has 0 fully saturated rings. The van der Waals surface area contributed by atoms with E-state index in [4.69, 9.17) is 0 Å². The van der Waals surface area contributed by atoms with Crippen LogP contribution in [0.25, 0.3) is 10.8 Å². The van der Waals surface area contributed by atoms with Crippen molar-refractivity contribution < 1.29 is 4.79 Å². The Morgan fingerprint density at radius 2 is 1.38 bits per heavy atom. The molecule has 0 saturated heterocycles. The van der Waals surface area contributed by atoms with Gasteiger partial charge in [-0.1, -0.05) is 60.7 Å². The first-order valence-corrected chi connectivity index (χ1v) is 7.41. The molecule has 0 unspecified atom stereocenters. The second kappa shape index (κ2) is 4.85. The molecule has 102 valence electrons. The number of ketones is 1. The molecule has 0 spiro atoms. The van der Waals surface area contributed by atoms with Crippen molar-refractivity contribution >= 4 is 16.6 Å². The van der Waals surface area contributed by atoms with E-state index in [1.165, 1.54) is 16.5 Å². The first-order chi connectivity index (χ1) is 10.3. The van der Waals surface area contributed by atoms with Gasteiger partial charge in [-0.2, -0.15) is 0 Å². The van der Waals surface area contributed by atoms with E-state index in [-0.39, 0.29) is 11.7 Å². The fraction of sp³-hybridized carbons (Fsp3) is 0.150. The summed E-state index contributed by atoms with van der Waals surface area (Å²) in [7, 11) is 0. The number of Topliss-reactive ketones (excluding diaryl/α,β-unsaturated/α-hetero) is 1. The molecule has 0 radical (unpaired) electrons. The van der Waals surface area contributed by atoms with Crippen molar-refractivity contribution in [1.29, 1.82) is 0 Å². The van der Waals surface area contributed by atoms with Gasteiger partial charge < -0.3 is 0 Å². The fourth-order valence-electron chi connectivity index (χ4n) is 3.32. The largest absolute Gasteiger partial charge is 0.294 e. The predicted octanol–water partition coefficient (Wildman–Crippen LogP) is 4.44. The van der Waals surface area contributed by atoms with Gasteiger partial charge in [0.25, 0.3) is 0 Å². The van der Waals surface area contributed by atoms with Crippen molar-refractivity contribution in [2.75, 3.05) is 0 Å². The zero-order valence-electron chi connectivity index (χ0n) is 11.8. The molecule has 1 nitrogen and oxygen atoms in total. The van der Waals surface area contributed by atoms with Gasteiger partial charge in [-0.05, 0) is 40.8 Å². The minimum Gasteiger partial charge on any atom is -0.294 e. The van der Waals surface area contributed by atoms with Gasteiger partial charge in [0.1, 0.15) is 0 Å². The van der Waals surface area contributed by atoms with Crippen molar-refractivity contribution in [2.45, 2.75) is 12.8 Å². The van der Waals surface area contributed by atoms with Gasteiger partial charge in [-0.3, -0.25) is 4.79 Å². The lowest BCUT2D eigenvalue weighted by molar-refractivity contribution is 0.0925. The van der Waals surface area contributed by atoms with Crippen LogP contribution in [0.1, 0.15) is 21.5 Å². The third-order valence-electron chi connectivity index (χ3n) is 4.46. The highest BCUT2D eigenvalue weighted by atomic mass is 16.1. The van der Waals surface area contributed by atoms with E-state index in [0.29, 0.717) is 0 Å². The van der Waals surface area contributed by atoms with Gasteiger partial charge in [0.15, 0.2) is 5.78 Å². The molecule has 3 aromatic carbocycles. The number of benzene rings is 3. The number of fused-ring (bicyclic) bond motifs is 2. The molecule has 0 saturated carbocycles. The van der Waals surface area contributed by atoms with E-state index >= 15 is 0 Å². The lowest BCUT2D eigenvalue weighted by atomic mass is 9.93. The Labute approximate surface area is 124 Å². The standard InChI is InChI=1S/C20H16O/c21-20(19-12-16-7-3-4-8-17(16)13-19)18-10-9-14-5-1-2-6-15(14)11-18/h1-11,19H,12-13H2. The van der Waals surface area contributed by atoms with Gasteiger partial charge in [0.05, 0.1) is 0 Å². The highest BCUT2D eigenvalue weighted by Gasteiger charge is 2.27. The highest BCUT2D eigenvalue weighted by molar-refractivity contribution is 6.01. The molecule has 21 heavy (non-hydrogen) atoms. The predicted molar refractivity (Wildman–Crippen MR) is 85.6 cm³/mol. The molecular weight excluding hydrogens is 256 g/mol. The van der Waals surface area contributed by atoms with Crippen LogP contribution in [0.4, 0.5) is 0 Å². The molecule has 3 aromatic rings. The Hall–Kier alpha value is -2.41. The molecule has 0 heterocycles. The quantitative estimate of drug-likeness (QED) is 0.630. The first kappa shape index (κ1) is 12.3. The maximum atomic E-state index is 12.8. The Balaban J connectivity index is 1.65. The summed E-state index contributed by atoms with van der Waals surface area (Å²) in [5, 5.41) is 2.32. The Kier molecular flexibility index (Phi) is 2.85. The topological polar surface area (TPSA) is 17.1 Å². The third kappa shape index (κ3) is 2.15. The van der Waals surface area contributed by atoms with Crippen LogP contribution < -0.4 is 0 Å². The number of hydrogen-bond acceptors (Lipinski definition) is 1. The maximum Gasteiger partial charge on any atom is 0.166 e. The Morgan fingerprint density at radius 1 is 0.762 bits per heavy atom. The summed E-state index contributed by atoms with van der Waals surface area (Å²) in [6.07, 6.45) is 1.75. The van der Waals surface area contributed by atoms with E-state index in [1.54, 1.807) is 0 Å². The summed E-state index contributed by atoms with van der Waals surface area (Å²) in [6, 6.07) is 22.6. The molecule has 4 rings (SSSR count). The van der Waals surface area contributed by atoms with Gasteiger partial charge in [-0.15, -0.1) is 0 Å². The van der Waals surface area contributed by atoms with Crippen LogP contribution >= 0.6 is 0 Å². The Bertz CT molecular complexity index is 807. The number of rotatable bonds is 2. The van der Waals surface area contributed by atoms with E-state index in [2.05, 4.69) is 36.4 Å². The molecule has 1 heteroatoms. The minimum absolute atomic E-state index is 0.101. The molecule has 0 N–H and O–H groups in total. The van der Waals surface area contributed by atoms with Crippen LogP contribution in [0.15, 0.2) is 66.7 Å². The van der Waals surface area contributed by atoms with Crippen LogP contribution in [0, 0.1) is 5.92 Å². The van der Waals surface area contributed by atoms with Gasteiger partial charge in [0, 0.05) is 11.5 Å². The van der Waals surface area contributed by atoms with Gasteiger partial charge in [0.2, 0.25) is 0 Å². The second-order valence-electron chi connectivity index (χ2n) is 5.80. The van der Waals surface area contributed by atoms with Crippen LogP contribution in [-0.2, 0) is 12.8 Å². The Morgan fingerprint density at radius 3 is 2.10 bits per heavy atom. The molecule has 0 atom stereocenters. The fourth-order valence-corrected chi connectivity index (χ4v) is 3.32. The van der Waals surface area contributed by atoms with Crippen molar-refractivity contribution in [3.63, 3.8) is 0 Å². The number of carbonyl (C=O) groups excluding carboxylic acids is 1. The monoisotopic (exact) mass is 272 g/mol. The molecule has 0 bridgehead atoms. The summed E-state index contributed by atoms with van der Waals surface area (Å²) >= 11 is 0. The second-order valence-corrected chi connectivity index (χ2v) is 5.80. The molecule has 0 amide bonds. The van der Waals surface area contributed by atoms with Crippen molar-refractivity contribution in [3.8, 4) is 0 Å².